The maximum Gasteiger partial charge on any atom is 0.271 e. The van der Waals surface area contributed by atoms with Crippen molar-refractivity contribution in [1.29, 1.82) is 0 Å². The molecule has 3 aromatic carbocycles. The summed E-state index contributed by atoms with van der Waals surface area (Å²) in [4.78, 5) is 35.7. The molecule has 0 radical (unpaired) electrons. The van der Waals surface area contributed by atoms with Crippen LogP contribution in [0.2, 0.25) is 0 Å². The van der Waals surface area contributed by atoms with Crippen LogP contribution in [0.15, 0.2) is 85.1 Å². The Bertz CT molecular complexity index is 1630. The number of nitrogen functional groups attached to an aromatic ring is 1. The average molecular weight is 507 g/mol. The van der Waals surface area contributed by atoms with Crippen molar-refractivity contribution in [3.8, 4) is 0 Å². The number of pyridine rings is 1. The molecule has 38 heavy (non-hydrogen) atoms. The third kappa shape index (κ3) is 5.46. The number of fused-ring (bicyclic) bond motifs is 1. The molecule has 2 aromatic heterocycles. The van der Waals surface area contributed by atoms with Crippen molar-refractivity contribution in [3.63, 3.8) is 0 Å². The number of nitro benzene ring substituents is 1. The molecule has 2 heterocycles. The number of hydrogen-bond acceptors (Lipinski definition) is 9. The second kappa shape index (κ2) is 10.2. The SMILES string of the molecule is Cc1cc(Nc2ccc(C(=O)Nc3ccc(Nc4ccnc5cc([N+](=O)[O-])ccc45)cc3)cc2)nc(N)n1. The van der Waals surface area contributed by atoms with Crippen LogP contribution in [0.25, 0.3) is 10.9 Å². The molecule has 0 aliphatic heterocycles. The van der Waals surface area contributed by atoms with Gasteiger partial charge in [0, 0.05) is 63.8 Å². The van der Waals surface area contributed by atoms with Gasteiger partial charge in [-0.25, -0.2) is 4.98 Å². The number of nitrogens with zero attached hydrogens (tertiary/aromatic N) is 4. The minimum Gasteiger partial charge on any atom is -0.368 e. The fourth-order valence-electron chi connectivity index (χ4n) is 3.86. The Labute approximate surface area is 216 Å². The highest BCUT2D eigenvalue weighted by atomic mass is 16.6. The van der Waals surface area contributed by atoms with Crippen LogP contribution in [-0.4, -0.2) is 25.8 Å². The maximum atomic E-state index is 12.7. The molecule has 5 aromatic rings. The number of benzene rings is 3. The number of aromatic nitrogens is 3. The van der Waals surface area contributed by atoms with Crippen LogP contribution in [0.4, 0.5) is 40.2 Å². The molecule has 0 saturated carbocycles. The molecular formula is C27H22N8O3. The monoisotopic (exact) mass is 506 g/mol. The number of amides is 1. The van der Waals surface area contributed by atoms with E-state index >= 15 is 0 Å². The number of nitro groups is 1. The van der Waals surface area contributed by atoms with Gasteiger partial charge in [-0.3, -0.25) is 19.9 Å². The van der Waals surface area contributed by atoms with Gasteiger partial charge >= 0.3 is 0 Å². The Hall–Kier alpha value is -5.58. The Morgan fingerprint density at radius 3 is 2.26 bits per heavy atom. The van der Waals surface area contributed by atoms with Gasteiger partial charge in [-0.1, -0.05) is 0 Å². The summed E-state index contributed by atoms with van der Waals surface area (Å²) in [7, 11) is 0. The molecule has 1 amide bonds. The van der Waals surface area contributed by atoms with Crippen LogP contribution in [0, 0.1) is 17.0 Å². The molecule has 0 aliphatic rings. The van der Waals surface area contributed by atoms with E-state index in [1.54, 1.807) is 60.8 Å². The van der Waals surface area contributed by atoms with Gasteiger partial charge in [0.2, 0.25) is 5.95 Å². The van der Waals surface area contributed by atoms with Crippen molar-refractivity contribution in [2.75, 3.05) is 21.7 Å². The average Bonchev–Trinajstić information content (AvgIpc) is 2.89. The largest absolute Gasteiger partial charge is 0.368 e. The van der Waals surface area contributed by atoms with Gasteiger partial charge in [-0.05, 0) is 67.6 Å². The smallest absolute Gasteiger partial charge is 0.271 e. The molecule has 11 nitrogen and oxygen atoms in total. The summed E-state index contributed by atoms with van der Waals surface area (Å²) in [5, 5.41) is 21.1. The fraction of sp³-hybridized carbons (Fsp3) is 0.0370. The zero-order valence-corrected chi connectivity index (χ0v) is 20.2. The maximum absolute atomic E-state index is 12.7. The summed E-state index contributed by atoms with van der Waals surface area (Å²) < 4.78 is 0. The zero-order valence-electron chi connectivity index (χ0n) is 20.2. The van der Waals surface area contributed by atoms with Crippen LogP contribution in [0.1, 0.15) is 16.1 Å². The summed E-state index contributed by atoms with van der Waals surface area (Å²) in [6.45, 7) is 1.83. The first-order valence-electron chi connectivity index (χ1n) is 11.5. The molecule has 188 valence electrons. The third-order valence-electron chi connectivity index (χ3n) is 5.65. The standard InChI is InChI=1S/C27H22N8O3/c1-16-14-25(34-27(28)30-16)32-19-4-2-17(3-5-19)26(36)33-20-8-6-18(7-9-20)31-23-12-13-29-24-15-21(35(37)38)10-11-22(23)24/h2-15H,1H3,(H,29,31)(H,33,36)(H3,28,30,32,34). The Balaban J connectivity index is 1.23. The van der Waals surface area contributed by atoms with E-state index in [1.165, 1.54) is 12.1 Å². The quantitative estimate of drug-likeness (QED) is 0.163. The fourth-order valence-corrected chi connectivity index (χ4v) is 3.86. The summed E-state index contributed by atoms with van der Waals surface area (Å²) in [6, 6.07) is 22.3. The Morgan fingerprint density at radius 1 is 0.868 bits per heavy atom. The van der Waals surface area contributed by atoms with E-state index in [1.807, 2.05) is 19.1 Å². The van der Waals surface area contributed by atoms with Gasteiger partial charge in [0.1, 0.15) is 5.82 Å². The summed E-state index contributed by atoms with van der Waals surface area (Å²) >= 11 is 0. The number of carbonyl (C=O) groups excluding carboxylic acids is 1. The lowest BCUT2D eigenvalue weighted by molar-refractivity contribution is -0.384. The number of nitrogens with two attached hydrogens (primary N) is 1. The molecule has 0 unspecified atom stereocenters. The summed E-state index contributed by atoms with van der Waals surface area (Å²) in [6.07, 6.45) is 1.59. The van der Waals surface area contributed by atoms with Crippen LogP contribution < -0.4 is 21.7 Å². The number of hydrogen-bond donors (Lipinski definition) is 4. The van der Waals surface area contributed by atoms with E-state index in [0.29, 0.717) is 22.6 Å². The number of rotatable bonds is 7. The van der Waals surface area contributed by atoms with Crippen molar-refractivity contribution in [2.45, 2.75) is 6.92 Å². The number of non-ortho nitro benzene ring substituents is 1. The topological polar surface area (TPSA) is 161 Å². The predicted molar refractivity (Wildman–Crippen MR) is 147 cm³/mol. The minimum atomic E-state index is -0.447. The van der Waals surface area contributed by atoms with Gasteiger partial charge in [-0.2, -0.15) is 4.98 Å². The van der Waals surface area contributed by atoms with Crippen molar-refractivity contribution in [3.05, 3.63) is 106 Å². The predicted octanol–water partition coefficient (Wildman–Crippen LogP) is 5.56. The molecule has 0 aliphatic carbocycles. The number of carbonyl (C=O) groups is 1. The zero-order chi connectivity index (χ0) is 26.6. The van der Waals surface area contributed by atoms with Gasteiger partial charge in [-0.15, -0.1) is 0 Å². The van der Waals surface area contributed by atoms with Gasteiger partial charge in [0.25, 0.3) is 11.6 Å². The van der Waals surface area contributed by atoms with E-state index in [0.717, 1.165) is 28.1 Å². The highest BCUT2D eigenvalue weighted by molar-refractivity contribution is 6.04. The molecular weight excluding hydrogens is 484 g/mol. The molecule has 0 saturated heterocycles. The van der Waals surface area contributed by atoms with Crippen molar-refractivity contribution >= 4 is 57.0 Å². The lowest BCUT2D eigenvalue weighted by Gasteiger charge is -2.11. The van der Waals surface area contributed by atoms with E-state index in [-0.39, 0.29) is 17.5 Å². The second-order valence-electron chi connectivity index (χ2n) is 8.43. The highest BCUT2D eigenvalue weighted by Gasteiger charge is 2.10. The summed E-state index contributed by atoms with van der Waals surface area (Å²) in [5.41, 5.74) is 10.4. The summed E-state index contributed by atoms with van der Waals surface area (Å²) in [5.74, 6) is 0.508. The minimum absolute atomic E-state index is 0.0147. The lowest BCUT2D eigenvalue weighted by Crippen LogP contribution is -2.11. The number of aryl methyl sites for hydroxylation is 1. The second-order valence-corrected chi connectivity index (χ2v) is 8.43. The van der Waals surface area contributed by atoms with E-state index in [9.17, 15) is 14.9 Å². The highest BCUT2D eigenvalue weighted by Crippen LogP contribution is 2.28. The first-order chi connectivity index (χ1) is 18.3. The molecule has 11 heteroatoms. The first-order valence-corrected chi connectivity index (χ1v) is 11.5. The van der Waals surface area contributed by atoms with E-state index < -0.39 is 4.92 Å². The van der Waals surface area contributed by atoms with Gasteiger partial charge in [0.15, 0.2) is 0 Å². The number of nitrogens with one attached hydrogen (secondary N) is 3. The molecule has 0 fully saturated rings. The van der Waals surface area contributed by atoms with Crippen LogP contribution in [0.3, 0.4) is 0 Å². The molecule has 0 atom stereocenters. The van der Waals surface area contributed by atoms with Crippen LogP contribution in [-0.2, 0) is 0 Å². The van der Waals surface area contributed by atoms with E-state index in [4.69, 9.17) is 5.73 Å². The lowest BCUT2D eigenvalue weighted by atomic mass is 10.1. The Morgan fingerprint density at radius 2 is 1.55 bits per heavy atom. The van der Waals surface area contributed by atoms with Gasteiger partial charge < -0.3 is 21.7 Å². The van der Waals surface area contributed by atoms with Crippen molar-refractivity contribution in [2.24, 2.45) is 0 Å². The normalized spacial score (nSPS) is 10.7. The van der Waals surface area contributed by atoms with E-state index in [2.05, 4.69) is 30.9 Å². The van der Waals surface area contributed by atoms with Crippen LogP contribution in [0.5, 0.6) is 0 Å². The first kappa shape index (κ1) is 24.1. The number of anilines is 6. The third-order valence-corrected chi connectivity index (χ3v) is 5.65. The molecule has 0 spiro atoms. The molecule has 5 N–H and O–H groups in total. The Kier molecular flexibility index (Phi) is 6.47. The van der Waals surface area contributed by atoms with Gasteiger partial charge in [0.05, 0.1) is 10.4 Å². The van der Waals surface area contributed by atoms with Crippen molar-refractivity contribution in [1.82, 2.24) is 15.0 Å². The van der Waals surface area contributed by atoms with Crippen molar-refractivity contribution < 1.29 is 9.72 Å². The molecule has 0 bridgehead atoms. The van der Waals surface area contributed by atoms with Crippen LogP contribution >= 0.6 is 0 Å². The molecule has 5 rings (SSSR count).